The van der Waals surface area contributed by atoms with E-state index in [9.17, 15) is 22.8 Å². The van der Waals surface area contributed by atoms with Gasteiger partial charge < -0.3 is 9.64 Å². The molecule has 0 aromatic heterocycles. The van der Waals surface area contributed by atoms with Gasteiger partial charge in [0.05, 0.1) is 13.5 Å². The highest BCUT2D eigenvalue weighted by Gasteiger charge is 2.39. The van der Waals surface area contributed by atoms with Gasteiger partial charge in [0, 0.05) is 12.5 Å². The lowest BCUT2D eigenvalue weighted by atomic mass is 10.3. The standard InChI is InChI=1S/C10H14F3NO3/c1-17-8(15)4-5-14(6-10(11,12)13)9(16)7-2-3-7/h7H,2-6H2,1H3. The fourth-order valence-electron chi connectivity index (χ4n) is 1.40. The lowest BCUT2D eigenvalue weighted by Crippen LogP contribution is -2.41. The van der Waals surface area contributed by atoms with Gasteiger partial charge in [0.2, 0.25) is 5.91 Å². The molecule has 0 radical (unpaired) electrons. The maximum absolute atomic E-state index is 12.2. The fourth-order valence-corrected chi connectivity index (χ4v) is 1.40. The Kier molecular flexibility index (Phi) is 4.36. The van der Waals surface area contributed by atoms with Crippen molar-refractivity contribution in [3.8, 4) is 0 Å². The Balaban J connectivity index is 2.52. The van der Waals surface area contributed by atoms with Crippen molar-refractivity contribution in [3.05, 3.63) is 0 Å². The zero-order chi connectivity index (χ0) is 13.1. The van der Waals surface area contributed by atoms with Crippen LogP contribution in [0.2, 0.25) is 0 Å². The van der Waals surface area contributed by atoms with Gasteiger partial charge in [-0.05, 0) is 12.8 Å². The quantitative estimate of drug-likeness (QED) is 0.695. The van der Waals surface area contributed by atoms with Crippen LogP contribution in [-0.4, -0.2) is 43.2 Å². The van der Waals surface area contributed by atoms with Gasteiger partial charge in [-0.25, -0.2) is 0 Å². The SMILES string of the molecule is COC(=O)CCN(CC(F)(F)F)C(=O)C1CC1. The van der Waals surface area contributed by atoms with E-state index >= 15 is 0 Å². The van der Waals surface area contributed by atoms with Gasteiger partial charge >= 0.3 is 12.1 Å². The first-order chi connectivity index (χ1) is 7.83. The van der Waals surface area contributed by atoms with Gasteiger partial charge in [0.25, 0.3) is 0 Å². The van der Waals surface area contributed by atoms with E-state index in [0.717, 1.165) is 7.11 Å². The first-order valence-electron chi connectivity index (χ1n) is 5.26. The molecule has 1 aliphatic rings. The molecular weight excluding hydrogens is 239 g/mol. The number of rotatable bonds is 5. The molecule has 0 aliphatic heterocycles. The number of hydrogen-bond acceptors (Lipinski definition) is 3. The lowest BCUT2D eigenvalue weighted by Gasteiger charge is -2.23. The molecule has 0 spiro atoms. The van der Waals surface area contributed by atoms with Crippen LogP contribution in [0, 0.1) is 5.92 Å². The normalized spacial score (nSPS) is 15.5. The second kappa shape index (κ2) is 5.37. The number of carbonyl (C=O) groups excluding carboxylic acids is 2. The highest BCUT2D eigenvalue weighted by molar-refractivity contribution is 5.81. The topological polar surface area (TPSA) is 46.6 Å². The van der Waals surface area contributed by atoms with Gasteiger partial charge in [-0.1, -0.05) is 0 Å². The minimum atomic E-state index is -4.44. The van der Waals surface area contributed by atoms with Gasteiger partial charge in [-0.2, -0.15) is 13.2 Å². The average molecular weight is 253 g/mol. The van der Waals surface area contributed by atoms with E-state index in [-0.39, 0.29) is 18.9 Å². The summed E-state index contributed by atoms with van der Waals surface area (Å²) in [4.78, 5) is 23.1. The number of esters is 1. The molecule has 7 heteroatoms. The number of hydrogen-bond donors (Lipinski definition) is 0. The summed E-state index contributed by atoms with van der Waals surface area (Å²) in [7, 11) is 1.15. The molecular formula is C10H14F3NO3. The maximum atomic E-state index is 12.2. The summed E-state index contributed by atoms with van der Waals surface area (Å²) >= 11 is 0. The monoisotopic (exact) mass is 253 g/mol. The molecule has 0 saturated heterocycles. The predicted octanol–water partition coefficient (Wildman–Crippen LogP) is 1.35. The van der Waals surface area contributed by atoms with Crippen LogP contribution in [0.4, 0.5) is 13.2 Å². The van der Waals surface area contributed by atoms with Crippen molar-refractivity contribution in [1.29, 1.82) is 0 Å². The van der Waals surface area contributed by atoms with Crippen LogP contribution >= 0.6 is 0 Å². The molecule has 1 rings (SSSR count). The summed E-state index contributed by atoms with van der Waals surface area (Å²) in [5.41, 5.74) is 0. The van der Waals surface area contributed by atoms with E-state index in [0.29, 0.717) is 17.7 Å². The van der Waals surface area contributed by atoms with Gasteiger partial charge in [-0.15, -0.1) is 0 Å². The molecule has 0 unspecified atom stereocenters. The Bertz CT molecular complexity index is 300. The molecule has 0 aromatic carbocycles. The predicted molar refractivity (Wildman–Crippen MR) is 52.0 cm³/mol. The minimum absolute atomic E-state index is 0.217. The van der Waals surface area contributed by atoms with Crippen LogP contribution in [0.5, 0.6) is 0 Å². The lowest BCUT2D eigenvalue weighted by molar-refractivity contribution is -0.163. The number of alkyl halides is 3. The third-order valence-electron chi connectivity index (χ3n) is 2.42. The molecule has 17 heavy (non-hydrogen) atoms. The highest BCUT2D eigenvalue weighted by atomic mass is 19.4. The Hall–Kier alpha value is -1.27. The Morgan fingerprint density at radius 3 is 2.35 bits per heavy atom. The van der Waals surface area contributed by atoms with Crippen LogP contribution in [-0.2, 0) is 14.3 Å². The molecule has 1 amide bonds. The minimum Gasteiger partial charge on any atom is -0.469 e. The van der Waals surface area contributed by atoms with Crippen molar-refractivity contribution < 1.29 is 27.5 Å². The summed E-state index contributed by atoms with van der Waals surface area (Å²) in [5.74, 6) is -1.44. The van der Waals surface area contributed by atoms with Gasteiger partial charge in [-0.3, -0.25) is 9.59 Å². The van der Waals surface area contributed by atoms with Crippen LogP contribution in [0.15, 0.2) is 0 Å². The van der Waals surface area contributed by atoms with E-state index in [1.807, 2.05) is 0 Å². The second-order valence-corrected chi connectivity index (χ2v) is 3.98. The zero-order valence-corrected chi connectivity index (χ0v) is 9.42. The molecule has 0 N–H and O–H groups in total. The van der Waals surface area contributed by atoms with Crippen LogP contribution < -0.4 is 0 Å². The molecule has 1 fully saturated rings. The molecule has 0 atom stereocenters. The molecule has 4 nitrogen and oxygen atoms in total. The number of amides is 1. The average Bonchev–Trinajstić information content (AvgIpc) is 3.04. The van der Waals surface area contributed by atoms with E-state index in [2.05, 4.69) is 4.74 Å². The van der Waals surface area contributed by atoms with Crippen molar-refractivity contribution in [2.45, 2.75) is 25.4 Å². The third-order valence-corrected chi connectivity index (χ3v) is 2.42. The number of nitrogens with zero attached hydrogens (tertiary/aromatic N) is 1. The first kappa shape index (κ1) is 13.8. The maximum Gasteiger partial charge on any atom is 0.406 e. The van der Waals surface area contributed by atoms with Crippen molar-refractivity contribution in [2.24, 2.45) is 5.92 Å². The van der Waals surface area contributed by atoms with Crippen molar-refractivity contribution in [1.82, 2.24) is 4.90 Å². The third kappa shape index (κ3) is 5.06. The summed E-state index contributed by atoms with van der Waals surface area (Å²) in [6.45, 7) is -1.55. The van der Waals surface area contributed by atoms with Gasteiger partial charge in [0.15, 0.2) is 0 Å². The van der Waals surface area contributed by atoms with Crippen molar-refractivity contribution in [3.63, 3.8) is 0 Å². The number of halogens is 3. The highest BCUT2D eigenvalue weighted by Crippen LogP contribution is 2.32. The largest absolute Gasteiger partial charge is 0.469 e. The summed E-state index contributed by atoms with van der Waals surface area (Å²) < 4.78 is 41.1. The summed E-state index contributed by atoms with van der Waals surface area (Å²) in [6.07, 6.45) is -3.40. The molecule has 1 aliphatic carbocycles. The van der Waals surface area contributed by atoms with Crippen LogP contribution in [0.3, 0.4) is 0 Å². The summed E-state index contributed by atoms with van der Waals surface area (Å²) in [6, 6.07) is 0. The molecule has 0 aromatic rings. The number of methoxy groups -OCH3 is 1. The first-order valence-corrected chi connectivity index (χ1v) is 5.26. The Labute approximate surface area is 96.7 Å². The van der Waals surface area contributed by atoms with Crippen LogP contribution in [0.25, 0.3) is 0 Å². The zero-order valence-electron chi connectivity index (χ0n) is 9.42. The Morgan fingerprint density at radius 1 is 1.35 bits per heavy atom. The molecule has 98 valence electrons. The smallest absolute Gasteiger partial charge is 0.406 e. The molecule has 1 saturated carbocycles. The van der Waals surface area contributed by atoms with E-state index in [4.69, 9.17) is 0 Å². The van der Waals surface area contributed by atoms with Crippen LogP contribution in [0.1, 0.15) is 19.3 Å². The van der Waals surface area contributed by atoms with E-state index in [1.54, 1.807) is 0 Å². The van der Waals surface area contributed by atoms with Crippen molar-refractivity contribution in [2.75, 3.05) is 20.2 Å². The van der Waals surface area contributed by atoms with Crippen molar-refractivity contribution >= 4 is 11.9 Å². The van der Waals surface area contributed by atoms with Gasteiger partial charge in [0.1, 0.15) is 6.54 Å². The second-order valence-electron chi connectivity index (χ2n) is 3.98. The number of carbonyl (C=O) groups is 2. The van der Waals surface area contributed by atoms with E-state index in [1.165, 1.54) is 0 Å². The fraction of sp³-hybridized carbons (Fsp3) is 0.800. The summed E-state index contributed by atoms with van der Waals surface area (Å²) in [5, 5.41) is 0. The molecule has 0 bridgehead atoms. The molecule has 0 heterocycles. The Morgan fingerprint density at radius 2 is 1.94 bits per heavy atom. The van der Waals surface area contributed by atoms with E-state index < -0.39 is 24.6 Å². The number of ether oxygens (including phenoxy) is 1.